The number of hydrogen-bond acceptors (Lipinski definition) is 5. The molecule has 0 spiro atoms. The predicted molar refractivity (Wildman–Crippen MR) is 116 cm³/mol. The molecule has 0 saturated carbocycles. The summed E-state index contributed by atoms with van der Waals surface area (Å²) in [6, 6.07) is 15.2. The third-order valence-electron chi connectivity index (χ3n) is 4.59. The number of imide groups is 1. The second-order valence-corrected chi connectivity index (χ2v) is 7.86. The van der Waals surface area contributed by atoms with Gasteiger partial charge in [-0.15, -0.1) is 0 Å². The Labute approximate surface area is 175 Å². The highest BCUT2D eigenvalue weighted by molar-refractivity contribution is 8.18. The van der Waals surface area contributed by atoms with Crippen molar-refractivity contribution in [3.05, 3.63) is 64.6 Å². The summed E-state index contributed by atoms with van der Waals surface area (Å²) in [6.07, 6.45) is 2.67. The van der Waals surface area contributed by atoms with Gasteiger partial charge >= 0.3 is 0 Å². The molecule has 152 valence electrons. The summed E-state index contributed by atoms with van der Waals surface area (Å²) in [5.74, 6) is 1.12. The van der Waals surface area contributed by atoms with Crippen LogP contribution in [0, 0.1) is 6.92 Å². The van der Waals surface area contributed by atoms with Crippen molar-refractivity contribution in [1.82, 2.24) is 4.90 Å². The van der Waals surface area contributed by atoms with E-state index >= 15 is 0 Å². The minimum Gasteiger partial charge on any atom is -0.492 e. The van der Waals surface area contributed by atoms with E-state index in [1.165, 1.54) is 4.90 Å². The van der Waals surface area contributed by atoms with Crippen LogP contribution in [-0.2, 0) is 4.79 Å². The fourth-order valence-corrected chi connectivity index (χ4v) is 3.59. The quantitative estimate of drug-likeness (QED) is 0.553. The van der Waals surface area contributed by atoms with Gasteiger partial charge in [0.25, 0.3) is 11.1 Å². The minimum atomic E-state index is -0.300. The summed E-state index contributed by atoms with van der Waals surface area (Å²) in [7, 11) is 0. The van der Waals surface area contributed by atoms with Gasteiger partial charge in [0.15, 0.2) is 0 Å². The number of nitrogens with zero attached hydrogens (tertiary/aromatic N) is 1. The van der Waals surface area contributed by atoms with Gasteiger partial charge in [0.1, 0.15) is 18.1 Å². The number of carbonyl (C=O) groups is 2. The van der Waals surface area contributed by atoms with Crippen LogP contribution in [0.15, 0.2) is 53.4 Å². The molecule has 0 radical (unpaired) electrons. The van der Waals surface area contributed by atoms with Crippen LogP contribution in [0.1, 0.15) is 31.4 Å². The Balaban J connectivity index is 1.66. The lowest BCUT2D eigenvalue weighted by molar-refractivity contribution is -0.123. The van der Waals surface area contributed by atoms with Crippen molar-refractivity contribution in [2.75, 3.05) is 13.2 Å². The standard InChI is InChI=1S/C23H25NO4S/c1-4-17(3)28-20-8-6-5-7-18(20)15-21-22(25)24(23(26)29-21)13-14-27-19-11-9-16(2)10-12-19/h5-12,15,17H,4,13-14H2,1-3H3/b21-15-. The number of rotatable bonds is 8. The number of para-hydroxylation sites is 1. The van der Waals surface area contributed by atoms with Gasteiger partial charge in [-0.25, -0.2) is 0 Å². The lowest BCUT2D eigenvalue weighted by Gasteiger charge is -2.15. The smallest absolute Gasteiger partial charge is 0.293 e. The van der Waals surface area contributed by atoms with Gasteiger partial charge in [-0.1, -0.05) is 42.8 Å². The van der Waals surface area contributed by atoms with Gasteiger partial charge in [0.05, 0.1) is 17.6 Å². The summed E-state index contributed by atoms with van der Waals surface area (Å²) in [5.41, 5.74) is 1.93. The van der Waals surface area contributed by atoms with Gasteiger partial charge in [-0.2, -0.15) is 0 Å². The molecule has 3 rings (SSSR count). The summed E-state index contributed by atoms with van der Waals surface area (Å²) < 4.78 is 11.6. The zero-order valence-corrected chi connectivity index (χ0v) is 17.7. The van der Waals surface area contributed by atoms with E-state index in [9.17, 15) is 9.59 Å². The van der Waals surface area contributed by atoms with Crippen LogP contribution in [-0.4, -0.2) is 35.3 Å². The van der Waals surface area contributed by atoms with Crippen LogP contribution in [0.3, 0.4) is 0 Å². The van der Waals surface area contributed by atoms with Crippen LogP contribution >= 0.6 is 11.8 Å². The van der Waals surface area contributed by atoms with Crippen molar-refractivity contribution in [2.45, 2.75) is 33.3 Å². The first-order valence-electron chi connectivity index (χ1n) is 9.68. The van der Waals surface area contributed by atoms with Gasteiger partial charge in [-0.05, 0) is 56.3 Å². The predicted octanol–water partition coefficient (Wildman–Crippen LogP) is 5.29. The van der Waals surface area contributed by atoms with E-state index in [-0.39, 0.29) is 30.4 Å². The lowest BCUT2D eigenvalue weighted by Crippen LogP contribution is -2.32. The number of hydrogen-bond donors (Lipinski definition) is 0. The molecule has 2 aromatic rings. The molecule has 1 fully saturated rings. The molecule has 2 amide bonds. The van der Waals surface area contributed by atoms with Crippen LogP contribution in [0.4, 0.5) is 4.79 Å². The largest absolute Gasteiger partial charge is 0.492 e. The van der Waals surface area contributed by atoms with E-state index in [1.807, 2.05) is 62.4 Å². The Morgan fingerprint density at radius 1 is 1.10 bits per heavy atom. The van der Waals surface area contributed by atoms with Gasteiger partial charge in [-0.3, -0.25) is 14.5 Å². The molecular formula is C23H25NO4S. The third-order valence-corrected chi connectivity index (χ3v) is 5.49. The van der Waals surface area contributed by atoms with Crippen LogP contribution in [0.25, 0.3) is 6.08 Å². The lowest BCUT2D eigenvalue weighted by atomic mass is 10.1. The highest BCUT2D eigenvalue weighted by Gasteiger charge is 2.35. The van der Waals surface area contributed by atoms with E-state index in [1.54, 1.807) is 6.08 Å². The molecule has 1 aliphatic rings. The molecule has 1 atom stereocenters. The van der Waals surface area contributed by atoms with Gasteiger partial charge < -0.3 is 9.47 Å². The average Bonchev–Trinajstić information content (AvgIpc) is 2.98. The van der Waals surface area contributed by atoms with E-state index in [0.717, 1.165) is 29.3 Å². The molecule has 6 heteroatoms. The number of thioether (sulfide) groups is 1. The molecule has 0 aliphatic carbocycles. The summed E-state index contributed by atoms with van der Waals surface area (Å²) >= 11 is 0.946. The summed E-state index contributed by atoms with van der Waals surface area (Å²) in [4.78, 5) is 26.7. The molecular weight excluding hydrogens is 386 g/mol. The molecule has 1 saturated heterocycles. The molecule has 0 aromatic heterocycles. The summed E-state index contributed by atoms with van der Waals surface area (Å²) in [5, 5.41) is -0.283. The van der Waals surface area contributed by atoms with Crippen LogP contribution in [0.2, 0.25) is 0 Å². The minimum absolute atomic E-state index is 0.0681. The van der Waals surface area contributed by atoms with Crippen molar-refractivity contribution in [2.24, 2.45) is 0 Å². The fraction of sp³-hybridized carbons (Fsp3) is 0.304. The highest BCUT2D eigenvalue weighted by Crippen LogP contribution is 2.34. The number of amides is 2. The zero-order valence-electron chi connectivity index (χ0n) is 16.9. The van der Waals surface area contributed by atoms with E-state index in [4.69, 9.17) is 9.47 Å². The molecule has 1 unspecified atom stereocenters. The van der Waals surface area contributed by atoms with Crippen LogP contribution in [0.5, 0.6) is 11.5 Å². The molecule has 1 heterocycles. The highest BCUT2D eigenvalue weighted by atomic mass is 32.2. The Kier molecular flexibility index (Phi) is 6.99. The maximum absolute atomic E-state index is 12.7. The van der Waals surface area contributed by atoms with E-state index < -0.39 is 0 Å². The van der Waals surface area contributed by atoms with Crippen LogP contribution < -0.4 is 9.47 Å². The molecule has 0 N–H and O–H groups in total. The van der Waals surface area contributed by atoms with E-state index in [2.05, 4.69) is 6.92 Å². The number of benzene rings is 2. The second-order valence-electron chi connectivity index (χ2n) is 6.87. The van der Waals surface area contributed by atoms with Gasteiger partial charge in [0.2, 0.25) is 0 Å². The monoisotopic (exact) mass is 411 g/mol. The Hall–Kier alpha value is -2.73. The Bertz CT molecular complexity index is 907. The molecule has 0 bridgehead atoms. The van der Waals surface area contributed by atoms with E-state index in [0.29, 0.717) is 16.4 Å². The van der Waals surface area contributed by atoms with Crippen molar-refractivity contribution in [3.63, 3.8) is 0 Å². The van der Waals surface area contributed by atoms with Gasteiger partial charge in [0, 0.05) is 5.56 Å². The SMILES string of the molecule is CCC(C)Oc1ccccc1/C=C1\SC(=O)N(CCOc2ccc(C)cc2)C1=O. The first-order chi connectivity index (χ1) is 14.0. The molecule has 2 aromatic carbocycles. The average molecular weight is 412 g/mol. The van der Waals surface area contributed by atoms with Crippen molar-refractivity contribution in [3.8, 4) is 11.5 Å². The number of aryl methyl sites for hydroxylation is 1. The maximum Gasteiger partial charge on any atom is 0.293 e. The van der Waals surface area contributed by atoms with Crippen molar-refractivity contribution in [1.29, 1.82) is 0 Å². The maximum atomic E-state index is 12.7. The first kappa shape index (κ1) is 21.0. The number of ether oxygens (including phenoxy) is 2. The second kappa shape index (κ2) is 9.65. The fourth-order valence-electron chi connectivity index (χ4n) is 2.73. The number of carbonyl (C=O) groups excluding carboxylic acids is 2. The van der Waals surface area contributed by atoms with Crippen molar-refractivity contribution >= 4 is 29.0 Å². The topological polar surface area (TPSA) is 55.8 Å². The Morgan fingerprint density at radius 2 is 1.83 bits per heavy atom. The summed E-state index contributed by atoms with van der Waals surface area (Å²) in [6.45, 7) is 6.52. The molecule has 29 heavy (non-hydrogen) atoms. The normalized spacial score (nSPS) is 16.4. The molecule has 1 aliphatic heterocycles. The molecule has 5 nitrogen and oxygen atoms in total. The first-order valence-corrected chi connectivity index (χ1v) is 10.5. The van der Waals surface area contributed by atoms with Crippen molar-refractivity contribution < 1.29 is 19.1 Å². The zero-order chi connectivity index (χ0) is 20.8. The Morgan fingerprint density at radius 3 is 2.55 bits per heavy atom. The third kappa shape index (κ3) is 5.41.